The van der Waals surface area contributed by atoms with Gasteiger partial charge in [-0.15, -0.1) is 0 Å². The second-order valence-electron chi connectivity index (χ2n) is 8.10. The molecule has 0 spiro atoms. The molecule has 34 heavy (non-hydrogen) atoms. The van der Waals surface area contributed by atoms with Crippen LogP contribution in [0, 0.1) is 5.82 Å². The average Bonchev–Trinajstić information content (AvgIpc) is 2.99. The number of halogens is 1. The molecule has 0 bridgehead atoms. The largest absolute Gasteiger partial charge is 0.380 e. The smallest absolute Gasteiger partial charge is 0.279 e. The van der Waals surface area contributed by atoms with Crippen molar-refractivity contribution in [2.45, 2.75) is 44.0 Å². The summed E-state index contributed by atoms with van der Waals surface area (Å²) >= 11 is 1.22. The molecule has 0 unspecified atom stereocenters. The van der Waals surface area contributed by atoms with Gasteiger partial charge < -0.3 is 9.30 Å². The summed E-state index contributed by atoms with van der Waals surface area (Å²) in [7, 11) is -3.59. The highest BCUT2D eigenvalue weighted by Gasteiger charge is 2.25. The van der Waals surface area contributed by atoms with Crippen LogP contribution in [-0.4, -0.2) is 49.5 Å². The first-order valence-electron chi connectivity index (χ1n) is 11.5. The van der Waals surface area contributed by atoms with Crippen molar-refractivity contribution in [2.24, 2.45) is 4.99 Å². The standard InChI is InChI=1S/C24H28FN3O4S2/c1-2-32-16-15-28-21-12-9-19(25)17-22(21)33-24(28)26-23(29)18-7-10-20(11-8-18)34(30,31)27-13-5-3-4-6-14-27/h7-12,17H,2-6,13-16H2,1H3. The summed E-state index contributed by atoms with van der Waals surface area (Å²) in [5.41, 5.74) is 1.06. The maximum Gasteiger partial charge on any atom is 0.279 e. The Bertz CT molecular complexity index is 1320. The van der Waals surface area contributed by atoms with E-state index in [1.807, 2.05) is 11.5 Å². The lowest BCUT2D eigenvalue weighted by Crippen LogP contribution is -2.31. The molecule has 1 aromatic heterocycles. The molecule has 1 fully saturated rings. The molecule has 0 saturated carbocycles. The van der Waals surface area contributed by atoms with Crippen LogP contribution >= 0.6 is 11.3 Å². The monoisotopic (exact) mass is 505 g/mol. The molecule has 0 N–H and O–H groups in total. The predicted octanol–water partition coefficient (Wildman–Crippen LogP) is 4.18. The van der Waals surface area contributed by atoms with Gasteiger partial charge in [0.15, 0.2) is 4.80 Å². The number of ether oxygens (including phenoxy) is 1. The van der Waals surface area contributed by atoms with E-state index in [2.05, 4.69) is 4.99 Å². The fraction of sp³-hybridized carbons (Fsp3) is 0.417. The van der Waals surface area contributed by atoms with E-state index in [0.717, 1.165) is 31.2 Å². The van der Waals surface area contributed by atoms with Gasteiger partial charge in [0.05, 0.1) is 21.7 Å². The van der Waals surface area contributed by atoms with E-state index >= 15 is 0 Å². The van der Waals surface area contributed by atoms with Gasteiger partial charge in [0.25, 0.3) is 5.91 Å². The lowest BCUT2D eigenvalue weighted by atomic mass is 10.2. The van der Waals surface area contributed by atoms with Gasteiger partial charge in [0.1, 0.15) is 5.82 Å². The first kappa shape index (κ1) is 24.7. The molecule has 0 atom stereocenters. The fourth-order valence-electron chi connectivity index (χ4n) is 4.00. The zero-order valence-corrected chi connectivity index (χ0v) is 20.7. The van der Waals surface area contributed by atoms with Crippen LogP contribution in [0.1, 0.15) is 43.0 Å². The summed E-state index contributed by atoms with van der Waals surface area (Å²) in [6, 6.07) is 10.4. The number of rotatable bonds is 7. The number of hydrogen-bond donors (Lipinski definition) is 0. The molecule has 3 aromatic rings. The van der Waals surface area contributed by atoms with Crippen molar-refractivity contribution in [3.8, 4) is 0 Å². The first-order valence-corrected chi connectivity index (χ1v) is 13.7. The number of fused-ring (bicyclic) bond motifs is 1. The molecular weight excluding hydrogens is 477 g/mol. The predicted molar refractivity (Wildman–Crippen MR) is 130 cm³/mol. The van der Waals surface area contributed by atoms with Crippen LogP contribution in [0.3, 0.4) is 0 Å². The molecule has 0 radical (unpaired) electrons. The number of nitrogens with zero attached hydrogens (tertiary/aromatic N) is 3. The molecule has 182 valence electrons. The summed E-state index contributed by atoms with van der Waals surface area (Å²) in [5.74, 6) is -0.847. The first-order chi connectivity index (χ1) is 16.4. The van der Waals surface area contributed by atoms with Crippen LogP contribution in [0.2, 0.25) is 0 Å². The van der Waals surface area contributed by atoms with E-state index in [1.165, 1.54) is 52.0 Å². The summed E-state index contributed by atoms with van der Waals surface area (Å²) < 4.78 is 49.2. The molecule has 4 rings (SSSR count). The minimum atomic E-state index is -3.59. The minimum Gasteiger partial charge on any atom is -0.380 e. The van der Waals surface area contributed by atoms with Gasteiger partial charge in [-0.3, -0.25) is 4.79 Å². The molecule has 1 aliphatic rings. The molecule has 1 saturated heterocycles. The van der Waals surface area contributed by atoms with E-state index in [1.54, 1.807) is 6.07 Å². The maximum absolute atomic E-state index is 13.7. The van der Waals surface area contributed by atoms with Crippen molar-refractivity contribution in [3.63, 3.8) is 0 Å². The molecule has 1 amide bonds. The molecule has 0 aliphatic carbocycles. The minimum absolute atomic E-state index is 0.176. The lowest BCUT2D eigenvalue weighted by molar-refractivity contribution is 0.0996. The van der Waals surface area contributed by atoms with Gasteiger partial charge >= 0.3 is 0 Å². The SMILES string of the molecule is CCOCCn1c(=NC(=O)c2ccc(S(=O)(=O)N3CCCCCC3)cc2)sc2cc(F)ccc21. The molecule has 10 heteroatoms. The number of benzene rings is 2. The average molecular weight is 506 g/mol. The number of aromatic nitrogens is 1. The molecule has 1 aliphatic heterocycles. The van der Waals surface area contributed by atoms with Gasteiger partial charge in [0, 0.05) is 31.8 Å². The highest BCUT2D eigenvalue weighted by molar-refractivity contribution is 7.89. The van der Waals surface area contributed by atoms with E-state index in [0.29, 0.717) is 42.3 Å². The summed E-state index contributed by atoms with van der Waals surface area (Å²) in [6.07, 6.45) is 3.79. The zero-order chi connectivity index (χ0) is 24.1. The third-order valence-corrected chi connectivity index (χ3v) is 8.76. The van der Waals surface area contributed by atoms with E-state index in [4.69, 9.17) is 4.74 Å². The number of thiazole rings is 1. The van der Waals surface area contributed by atoms with Crippen LogP contribution < -0.4 is 4.80 Å². The van der Waals surface area contributed by atoms with Crippen molar-refractivity contribution in [2.75, 3.05) is 26.3 Å². The Hall–Kier alpha value is -2.40. The number of carbonyl (C=O) groups is 1. The van der Waals surface area contributed by atoms with Gasteiger partial charge in [-0.05, 0) is 62.2 Å². The molecule has 2 heterocycles. The van der Waals surface area contributed by atoms with Crippen LogP contribution in [-0.2, 0) is 21.3 Å². The Morgan fingerprint density at radius 2 is 1.79 bits per heavy atom. The van der Waals surface area contributed by atoms with E-state index in [-0.39, 0.29) is 16.3 Å². The van der Waals surface area contributed by atoms with Crippen molar-refractivity contribution in [1.82, 2.24) is 8.87 Å². The van der Waals surface area contributed by atoms with Gasteiger partial charge in [0.2, 0.25) is 10.0 Å². The quantitative estimate of drug-likeness (QED) is 0.451. The Morgan fingerprint density at radius 1 is 1.09 bits per heavy atom. The number of amides is 1. The number of carbonyl (C=O) groups excluding carboxylic acids is 1. The number of sulfonamides is 1. The highest BCUT2D eigenvalue weighted by atomic mass is 32.2. The van der Waals surface area contributed by atoms with E-state index < -0.39 is 15.9 Å². The maximum atomic E-state index is 13.7. The molecular formula is C24H28FN3O4S2. The normalized spacial score (nSPS) is 16.1. The van der Waals surface area contributed by atoms with Gasteiger partial charge in [-0.2, -0.15) is 9.30 Å². The van der Waals surface area contributed by atoms with Crippen molar-refractivity contribution in [1.29, 1.82) is 0 Å². The summed E-state index contributed by atoms with van der Waals surface area (Å²) in [5, 5.41) is 0. The molecule has 7 nitrogen and oxygen atoms in total. The van der Waals surface area contributed by atoms with Gasteiger partial charge in [-0.1, -0.05) is 24.2 Å². The van der Waals surface area contributed by atoms with Crippen LogP contribution in [0.5, 0.6) is 0 Å². The topological polar surface area (TPSA) is 81.0 Å². The second kappa shape index (κ2) is 10.9. The molecule has 2 aromatic carbocycles. The third kappa shape index (κ3) is 5.46. The van der Waals surface area contributed by atoms with Crippen molar-refractivity contribution >= 4 is 37.5 Å². The van der Waals surface area contributed by atoms with Gasteiger partial charge in [-0.25, -0.2) is 12.8 Å². The summed E-state index contributed by atoms with van der Waals surface area (Å²) in [4.78, 5) is 17.8. The van der Waals surface area contributed by atoms with E-state index in [9.17, 15) is 17.6 Å². The third-order valence-electron chi connectivity index (χ3n) is 5.81. The van der Waals surface area contributed by atoms with Crippen LogP contribution in [0.4, 0.5) is 4.39 Å². The zero-order valence-electron chi connectivity index (χ0n) is 19.1. The van der Waals surface area contributed by atoms with Crippen LogP contribution in [0.15, 0.2) is 52.4 Å². The highest BCUT2D eigenvalue weighted by Crippen LogP contribution is 2.22. The summed E-state index contributed by atoms with van der Waals surface area (Å²) in [6.45, 7) is 4.41. The number of hydrogen-bond acceptors (Lipinski definition) is 5. The Balaban J connectivity index is 1.62. The van der Waals surface area contributed by atoms with Crippen molar-refractivity contribution in [3.05, 3.63) is 58.6 Å². The Morgan fingerprint density at radius 3 is 2.47 bits per heavy atom. The van der Waals surface area contributed by atoms with Crippen LogP contribution in [0.25, 0.3) is 10.2 Å². The Labute approximate surface area is 202 Å². The van der Waals surface area contributed by atoms with Crippen molar-refractivity contribution < 1.29 is 22.3 Å². The Kier molecular flexibility index (Phi) is 7.92. The fourth-order valence-corrected chi connectivity index (χ4v) is 6.60. The lowest BCUT2D eigenvalue weighted by Gasteiger charge is -2.19. The second-order valence-corrected chi connectivity index (χ2v) is 11.1.